The highest BCUT2D eigenvalue weighted by molar-refractivity contribution is 6.30. The Morgan fingerprint density at radius 2 is 1.71 bits per heavy atom. The zero-order valence-corrected chi connectivity index (χ0v) is 20.5. The van der Waals surface area contributed by atoms with E-state index < -0.39 is 6.04 Å². The van der Waals surface area contributed by atoms with Crippen LogP contribution in [0.1, 0.15) is 6.42 Å². The Labute approximate surface area is 210 Å². The van der Waals surface area contributed by atoms with Gasteiger partial charge in [0, 0.05) is 55.7 Å². The third-order valence-corrected chi connectivity index (χ3v) is 6.58. The summed E-state index contributed by atoms with van der Waals surface area (Å²) in [5.41, 5.74) is 1.71. The molecule has 2 aliphatic rings. The molecular formula is C25H30ClN5O4. The maximum atomic E-state index is 13.2. The Morgan fingerprint density at radius 1 is 1.03 bits per heavy atom. The molecule has 0 bridgehead atoms. The molecule has 2 N–H and O–H groups in total. The zero-order valence-electron chi connectivity index (χ0n) is 19.7. The molecule has 3 amide bonds. The van der Waals surface area contributed by atoms with E-state index in [0.29, 0.717) is 29.5 Å². The Bertz CT molecular complexity index is 1040. The predicted octanol–water partition coefficient (Wildman–Crippen LogP) is 1.83. The molecule has 0 radical (unpaired) electrons. The number of halogens is 1. The average molecular weight is 500 g/mol. The minimum absolute atomic E-state index is 0.103. The van der Waals surface area contributed by atoms with Crippen molar-refractivity contribution >= 4 is 40.7 Å². The highest BCUT2D eigenvalue weighted by atomic mass is 35.5. The van der Waals surface area contributed by atoms with Gasteiger partial charge in [-0.15, -0.1) is 0 Å². The van der Waals surface area contributed by atoms with Crippen LogP contribution in [0.15, 0.2) is 48.5 Å². The molecule has 0 unspecified atom stereocenters. The lowest BCUT2D eigenvalue weighted by Crippen LogP contribution is -2.60. The topological polar surface area (TPSA) is 94.2 Å². The number of nitrogens with zero attached hydrogens (tertiary/aromatic N) is 3. The fraction of sp³-hybridized carbons (Fsp3) is 0.400. The van der Waals surface area contributed by atoms with E-state index in [1.54, 1.807) is 31.4 Å². The number of amides is 3. The zero-order chi connectivity index (χ0) is 24.8. The number of piperazine rings is 2. The molecular weight excluding hydrogens is 470 g/mol. The van der Waals surface area contributed by atoms with Crippen molar-refractivity contribution < 1.29 is 19.1 Å². The summed E-state index contributed by atoms with van der Waals surface area (Å²) in [6, 6.07) is 13.8. The van der Waals surface area contributed by atoms with Crippen LogP contribution in [0.5, 0.6) is 5.75 Å². The van der Waals surface area contributed by atoms with E-state index in [1.165, 1.54) is 4.90 Å². The lowest BCUT2D eigenvalue weighted by molar-refractivity contribution is -0.145. The molecule has 0 saturated carbocycles. The first-order chi connectivity index (χ1) is 16.9. The number of benzene rings is 2. The van der Waals surface area contributed by atoms with Gasteiger partial charge in [-0.2, -0.15) is 0 Å². The normalized spacial score (nSPS) is 18.7. The SMILES string of the molecule is COc1ccc(NC(=O)C[C@H]2C(=O)NCCN2C(=O)CN2CCN(c3ccc(Cl)cc3)CC2)cc1. The second-order valence-electron chi connectivity index (χ2n) is 8.61. The molecule has 2 saturated heterocycles. The molecule has 35 heavy (non-hydrogen) atoms. The molecule has 0 aliphatic carbocycles. The van der Waals surface area contributed by atoms with Gasteiger partial charge in [-0.25, -0.2) is 0 Å². The van der Waals surface area contributed by atoms with Crippen LogP contribution in [0, 0.1) is 0 Å². The summed E-state index contributed by atoms with van der Waals surface area (Å²) < 4.78 is 5.12. The molecule has 0 aromatic heterocycles. The monoisotopic (exact) mass is 499 g/mol. The summed E-state index contributed by atoms with van der Waals surface area (Å²) in [5.74, 6) is -0.0869. The molecule has 2 aromatic carbocycles. The van der Waals surface area contributed by atoms with Crippen molar-refractivity contribution in [3.05, 3.63) is 53.6 Å². The highest BCUT2D eigenvalue weighted by Crippen LogP contribution is 2.20. The number of carbonyl (C=O) groups is 3. The maximum absolute atomic E-state index is 13.2. The molecule has 0 spiro atoms. The van der Waals surface area contributed by atoms with Gasteiger partial charge in [-0.05, 0) is 48.5 Å². The van der Waals surface area contributed by atoms with Crippen LogP contribution < -0.4 is 20.3 Å². The van der Waals surface area contributed by atoms with E-state index in [-0.39, 0.29) is 30.7 Å². The second kappa shape index (κ2) is 11.4. The molecule has 4 rings (SSSR count). The van der Waals surface area contributed by atoms with Gasteiger partial charge in [0.25, 0.3) is 0 Å². The third kappa shape index (κ3) is 6.43. The molecule has 1 atom stereocenters. The molecule has 2 heterocycles. The molecule has 9 nitrogen and oxygen atoms in total. The van der Waals surface area contributed by atoms with Crippen LogP contribution in [0.25, 0.3) is 0 Å². The van der Waals surface area contributed by atoms with E-state index in [1.807, 2.05) is 24.3 Å². The smallest absolute Gasteiger partial charge is 0.243 e. The number of carbonyl (C=O) groups excluding carboxylic acids is 3. The van der Waals surface area contributed by atoms with Gasteiger partial charge in [0.05, 0.1) is 20.1 Å². The van der Waals surface area contributed by atoms with Gasteiger partial charge in [-0.1, -0.05) is 11.6 Å². The van der Waals surface area contributed by atoms with Crippen molar-refractivity contribution in [2.45, 2.75) is 12.5 Å². The van der Waals surface area contributed by atoms with E-state index >= 15 is 0 Å². The molecule has 186 valence electrons. The fourth-order valence-corrected chi connectivity index (χ4v) is 4.50. The van der Waals surface area contributed by atoms with Crippen LogP contribution in [0.2, 0.25) is 5.02 Å². The number of nitrogens with one attached hydrogen (secondary N) is 2. The van der Waals surface area contributed by atoms with Crippen molar-refractivity contribution in [3.63, 3.8) is 0 Å². The van der Waals surface area contributed by atoms with Crippen molar-refractivity contribution in [2.75, 3.05) is 63.1 Å². The van der Waals surface area contributed by atoms with Gasteiger partial charge in [-0.3, -0.25) is 19.3 Å². The average Bonchev–Trinajstić information content (AvgIpc) is 2.86. The Morgan fingerprint density at radius 3 is 2.37 bits per heavy atom. The van der Waals surface area contributed by atoms with Gasteiger partial charge in [0.2, 0.25) is 17.7 Å². The van der Waals surface area contributed by atoms with Crippen molar-refractivity contribution in [1.29, 1.82) is 0 Å². The first kappa shape index (κ1) is 24.8. The van der Waals surface area contributed by atoms with Crippen LogP contribution in [0.4, 0.5) is 11.4 Å². The van der Waals surface area contributed by atoms with Crippen molar-refractivity contribution in [2.24, 2.45) is 0 Å². The summed E-state index contributed by atoms with van der Waals surface area (Å²) in [4.78, 5) is 44.3. The maximum Gasteiger partial charge on any atom is 0.243 e. The van der Waals surface area contributed by atoms with Gasteiger partial charge >= 0.3 is 0 Å². The lowest BCUT2D eigenvalue weighted by Gasteiger charge is -2.39. The van der Waals surface area contributed by atoms with Gasteiger partial charge in [0.15, 0.2) is 0 Å². The second-order valence-corrected chi connectivity index (χ2v) is 9.05. The summed E-state index contributed by atoms with van der Waals surface area (Å²) in [6.07, 6.45) is -0.103. The van der Waals surface area contributed by atoms with Gasteiger partial charge in [0.1, 0.15) is 11.8 Å². The van der Waals surface area contributed by atoms with Crippen molar-refractivity contribution in [1.82, 2.24) is 15.1 Å². The van der Waals surface area contributed by atoms with Crippen LogP contribution in [0.3, 0.4) is 0 Å². The highest BCUT2D eigenvalue weighted by Gasteiger charge is 2.35. The van der Waals surface area contributed by atoms with Crippen LogP contribution in [-0.4, -0.2) is 86.5 Å². The number of ether oxygens (including phenoxy) is 1. The molecule has 2 fully saturated rings. The summed E-state index contributed by atoms with van der Waals surface area (Å²) in [6.45, 7) is 4.04. The molecule has 10 heteroatoms. The van der Waals surface area contributed by atoms with Crippen LogP contribution in [-0.2, 0) is 14.4 Å². The Balaban J connectivity index is 1.31. The van der Waals surface area contributed by atoms with E-state index in [9.17, 15) is 14.4 Å². The molecule has 2 aliphatic heterocycles. The summed E-state index contributed by atoms with van der Waals surface area (Å²) in [7, 11) is 1.57. The first-order valence-electron chi connectivity index (χ1n) is 11.7. The minimum atomic E-state index is -0.829. The fourth-order valence-electron chi connectivity index (χ4n) is 4.38. The number of rotatable bonds is 7. The number of anilines is 2. The third-order valence-electron chi connectivity index (χ3n) is 6.33. The predicted molar refractivity (Wildman–Crippen MR) is 135 cm³/mol. The molecule has 2 aromatic rings. The number of methoxy groups -OCH3 is 1. The minimum Gasteiger partial charge on any atom is -0.497 e. The standard InChI is InChI=1S/C25H30ClN5O4/c1-35-21-8-4-19(5-9-21)28-23(32)16-22-25(34)27-10-11-31(22)24(33)17-29-12-14-30(15-13-29)20-6-2-18(26)3-7-20/h2-9,22H,10-17H2,1H3,(H,27,34)(H,28,32)/t22-/m0/s1. The van der Waals surface area contributed by atoms with E-state index in [0.717, 1.165) is 31.9 Å². The first-order valence-corrected chi connectivity index (χ1v) is 12.0. The summed E-state index contributed by atoms with van der Waals surface area (Å²) >= 11 is 5.98. The van der Waals surface area contributed by atoms with Crippen molar-refractivity contribution in [3.8, 4) is 5.75 Å². The van der Waals surface area contributed by atoms with E-state index in [2.05, 4.69) is 20.4 Å². The van der Waals surface area contributed by atoms with E-state index in [4.69, 9.17) is 16.3 Å². The van der Waals surface area contributed by atoms with Gasteiger partial charge < -0.3 is 25.2 Å². The number of hydrogen-bond donors (Lipinski definition) is 2. The lowest BCUT2D eigenvalue weighted by atomic mass is 10.1. The number of hydrogen-bond acceptors (Lipinski definition) is 6. The Kier molecular flexibility index (Phi) is 8.09. The largest absolute Gasteiger partial charge is 0.497 e. The summed E-state index contributed by atoms with van der Waals surface area (Å²) in [5, 5.41) is 6.27. The quantitative estimate of drug-likeness (QED) is 0.603. The van der Waals surface area contributed by atoms with Crippen LogP contribution >= 0.6 is 11.6 Å². The Hall–Kier alpha value is -3.30.